The van der Waals surface area contributed by atoms with Crippen LogP contribution in [0.2, 0.25) is 0 Å². The summed E-state index contributed by atoms with van der Waals surface area (Å²) >= 11 is 8.96. The van der Waals surface area contributed by atoms with E-state index in [0.717, 1.165) is 11.1 Å². The first-order valence-corrected chi connectivity index (χ1v) is 8.47. The minimum atomic E-state index is 0.553. The van der Waals surface area contributed by atoms with Crippen molar-refractivity contribution in [3.05, 3.63) is 28.2 Å². The molecule has 0 saturated carbocycles. The molecule has 0 N–H and O–H groups in total. The standard InChI is InChI=1S/C12H17Br2NS/c1-9(8-16-3)15(2)11-5-4-10(7-13)12(14)6-11/h4-6,9H,7-8H2,1-3H3. The fraction of sp³-hybridized carbons (Fsp3) is 0.500. The Kier molecular flexibility index (Phi) is 6.22. The van der Waals surface area contributed by atoms with Crippen molar-refractivity contribution in [2.75, 3.05) is 24.0 Å². The molecule has 16 heavy (non-hydrogen) atoms. The predicted molar refractivity (Wildman–Crippen MR) is 83.0 cm³/mol. The van der Waals surface area contributed by atoms with Crippen molar-refractivity contribution >= 4 is 49.3 Å². The number of hydrogen-bond acceptors (Lipinski definition) is 2. The third kappa shape index (κ3) is 3.67. The number of benzene rings is 1. The Hall–Kier alpha value is 0.330. The maximum atomic E-state index is 3.60. The van der Waals surface area contributed by atoms with E-state index in [2.05, 4.69) is 75.2 Å². The molecule has 0 aliphatic rings. The van der Waals surface area contributed by atoms with E-state index in [1.165, 1.54) is 15.7 Å². The van der Waals surface area contributed by atoms with Gasteiger partial charge in [0.15, 0.2) is 0 Å². The van der Waals surface area contributed by atoms with Crippen LogP contribution in [0.15, 0.2) is 22.7 Å². The molecule has 0 aromatic heterocycles. The highest BCUT2D eigenvalue weighted by Crippen LogP contribution is 2.26. The minimum Gasteiger partial charge on any atom is -0.371 e. The molecule has 1 unspecified atom stereocenters. The zero-order valence-corrected chi connectivity index (χ0v) is 13.8. The van der Waals surface area contributed by atoms with Gasteiger partial charge in [-0.3, -0.25) is 0 Å². The molecule has 90 valence electrons. The van der Waals surface area contributed by atoms with Gasteiger partial charge in [-0.05, 0) is 30.9 Å². The van der Waals surface area contributed by atoms with Gasteiger partial charge in [-0.25, -0.2) is 0 Å². The molecule has 0 amide bonds. The van der Waals surface area contributed by atoms with Gasteiger partial charge in [0.2, 0.25) is 0 Å². The summed E-state index contributed by atoms with van der Waals surface area (Å²) < 4.78 is 1.17. The lowest BCUT2D eigenvalue weighted by molar-refractivity contribution is 0.765. The molecule has 1 atom stereocenters. The van der Waals surface area contributed by atoms with Crippen LogP contribution in [0.3, 0.4) is 0 Å². The van der Waals surface area contributed by atoms with Crippen LogP contribution in [-0.4, -0.2) is 25.1 Å². The van der Waals surface area contributed by atoms with Crippen molar-refractivity contribution in [1.29, 1.82) is 0 Å². The predicted octanol–water partition coefficient (Wildman–Crippen LogP) is 4.53. The second-order valence-corrected chi connectivity index (χ2v) is 6.15. The van der Waals surface area contributed by atoms with Crippen molar-refractivity contribution in [2.24, 2.45) is 0 Å². The van der Waals surface area contributed by atoms with Crippen LogP contribution < -0.4 is 4.90 Å². The number of hydrogen-bond donors (Lipinski definition) is 0. The van der Waals surface area contributed by atoms with E-state index in [9.17, 15) is 0 Å². The van der Waals surface area contributed by atoms with Gasteiger partial charge in [-0.2, -0.15) is 11.8 Å². The van der Waals surface area contributed by atoms with Gasteiger partial charge in [0.05, 0.1) is 0 Å². The summed E-state index contributed by atoms with van der Waals surface area (Å²) in [6, 6.07) is 7.08. The Morgan fingerprint density at radius 1 is 1.44 bits per heavy atom. The monoisotopic (exact) mass is 365 g/mol. The van der Waals surface area contributed by atoms with Gasteiger partial charge in [0.25, 0.3) is 0 Å². The van der Waals surface area contributed by atoms with E-state index < -0.39 is 0 Å². The van der Waals surface area contributed by atoms with Crippen molar-refractivity contribution in [3.8, 4) is 0 Å². The van der Waals surface area contributed by atoms with Gasteiger partial charge in [-0.1, -0.05) is 37.9 Å². The van der Waals surface area contributed by atoms with Crippen molar-refractivity contribution in [1.82, 2.24) is 0 Å². The van der Waals surface area contributed by atoms with Crippen molar-refractivity contribution < 1.29 is 0 Å². The number of rotatable bonds is 5. The fourth-order valence-electron chi connectivity index (χ4n) is 1.47. The SMILES string of the molecule is CSCC(C)N(C)c1ccc(CBr)c(Br)c1. The van der Waals surface area contributed by atoms with Crippen LogP contribution in [0.1, 0.15) is 12.5 Å². The van der Waals surface area contributed by atoms with Gasteiger partial charge >= 0.3 is 0 Å². The summed E-state index contributed by atoms with van der Waals surface area (Å²) in [5.74, 6) is 1.15. The largest absolute Gasteiger partial charge is 0.371 e. The molecule has 1 aromatic rings. The third-order valence-electron chi connectivity index (χ3n) is 2.66. The molecule has 0 spiro atoms. The topological polar surface area (TPSA) is 3.24 Å². The first-order chi connectivity index (χ1) is 7.60. The Balaban J connectivity index is 2.84. The van der Waals surface area contributed by atoms with E-state index in [-0.39, 0.29) is 0 Å². The number of anilines is 1. The minimum absolute atomic E-state index is 0.553. The molecule has 0 bridgehead atoms. The maximum Gasteiger partial charge on any atom is 0.0377 e. The molecular weight excluding hydrogens is 350 g/mol. The molecule has 0 heterocycles. The van der Waals surface area contributed by atoms with E-state index >= 15 is 0 Å². The van der Waals surface area contributed by atoms with Crippen LogP contribution in [-0.2, 0) is 5.33 Å². The second kappa shape index (κ2) is 6.92. The Morgan fingerprint density at radius 3 is 2.62 bits per heavy atom. The summed E-state index contributed by atoms with van der Waals surface area (Å²) in [4.78, 5) is 2.32. The highest BCUT2D eigenvalue weighted by molar-refractivity contribution is 9.10. The van der Waals surface area contributed by atoms with Gasteiger partial charge < -0.3 is 4.90 Å². The number of thioether (sulfide) groups is 1. The normalized spacial score (nSPS) is 12.6. The molecule has 0 aliphatic heterocycles. The molecule has 0 radical (unpaired) electrons. The lowest BCUT2D eigenvalue weighted by Gasteiger charge is -2.27. The molecule has 1 rings (SSSR count). The number of alkyl halides is 1. The summed E-state index contributed by atoms with van der Waals surface area (Å²) in [5.41, 5.74) is 2.55. The number of nitrogens with zero attached hydrogens (tertiary/aromatic N) is 1. The summed E-state index contributed by atoms with van der Waals surface area (Å²) in [6.07, 6.45) is 2.15. The van der Waals surface area contributed by atoms with Crippen LogP contribution in [0, 0.1) is 0 Å². The second-order valence-electron chi connectivity index (χ2n) is 3.82. The molecule has 1 aromatic carbocycles. The first kappa shape index (κ1) is 14.4. The Morgan fingerprint density at radius 2 is 2.12 bits per heavy atom. The van der Waals surface area contributed by atoms with Crippen LogP contribution in [0.4, 0.5) is 5.69 Å². The summed E-state index contributed by atoms with van der Waals surface area (Å²) in [6.45, 7) is 2.25. The average Bonchev–Trinajstić information content (AvgIpc) is 2.28. The molecule has 0 aliphatic carbocycles. The van der Waals surface area contributed by atoms with Gasteiger partial charge in [0.1, 0.15) is 0 Å². The lowest BCUT2D eigenvalue weighted by Crippen LogP contribution is -2.30. The number of halogens is 2. The Labute approximate surface area is 119 Å². The smallest absolute Gasteiger partial charge is 0.0377 e. The summed E-state index contributed by atoms with van der Waals surface area (Å²) in [7, 11) is 2.15. The fourth-order valence-corrected chi connectivity index (χ4v) is 3.55. The molecule has 0 fully saturated rings. The van der Waals surface area contributed by atoms with Crippen LogP contribution >= 0.6 is 43.6 Å². The van der Waals surface area contributed by atoms with E-state index in [0.29, 0.717) is 6.04 Å². The molecular formula is C12H17Br2NS. The molecule has 4 heteroatoms. The first-order valence-electron chi connectivity index (χ1n) is 5.16. The van der Waals surface area contributed by atoms with Crippen molar-refractivity contribution in [3.63, 3.8) is 0 Å². The van der Waals surface area contributed by atoms with Gasteiger partial charge in [0, 0.05) is 34.3 Å². The Bertz CT molecular complexity index is 344. The van der Waals surface area contributed by atoms with Crippen LogP contribution in [0.5, 0.6) is 0 Å². The quantitative estimate of drug-likeness (QED) is 0.704. The highest BCUT2D eigenvalue weighted by Gasteiger charge is 2.10. The van der Waals surface area contributed by atoms with Crippen LogP contribution in [0.25, 0.3) is 0 Å². The lowest BCUT2D eigenvalue weighted by atomic mass is 10.2. The van der Waals surface area contributed by atoms with Crippen molar-refractivity contribution in [2.45, 2.75) is 18.3 Å². The van der Waals surface area contributed by atoms with Gasteiger partial charge in [-0.15, -0.1) is 0 Å². The summed E-state index contributed by atoms with van der Waals surface area (Å²) in [5, 5.41) is 0.887. The highest BCUT2D eigenvalue weighted by atomic mass is 79.9. The van der Waals surface area contributed by atoms with E-state index in [4.69, 9.17) is 0 Å². The molecule has 1 nitrogen and oxygen atoms in total. The zero-order valence-electron chi connectivity index (χ0n) is 9.84. The average molecular weight is 367 g/mol. The zero-order chi connectivity index (χ0) is 12.1. The van der Waals surface area contributed by atoms with E-state index in [1.807, 2.05) is 11.8 Å². The maximum absolute atomic E-state index is 3.60. The van der Waals surface area contributed by atoms with E-state index in [1.54, 1.807) is 0 Å². The third-order valence-corrected chi connectivity index (χ3v) is 4.81. The molecule has 0 saturated heterocycles.